The van der Waals surface area contributed by atoms with Crippen LogP contribution in [0.25, 0.3) is 10.2 Å². The minimum Gasteiger partial charge on any atom is -0.503 e. The van der Waals surface area contributed by atoms with E-state index in [-0.39, 0.29) is 23.7 Å². The standard InChI is InChI=1S/C22H20ClN3O3S/c1-11(2)8-16(27)18-19(14-6-4-5-7-24-14)26(21(29)20(18)28)22-25-15-10-13(23)12(3)9-17(15)30-22/h4-7,9-11,19,28H,8H2,1-3H3. The van der Waals surface area contributed by atoms with Crippen molar-refractivity contribution in [2.75, 3.05) is 4.90 Å². The van der Waals surface area contributed by atoms with E-state index in [2.05, 4.69) is 9.97 Å². The Balaban J connectivity index is 1.86. The number of aliphatic hydroxyl groups is 1. The van der Waals surface area contributed by atoms with Crippen molar-refractivity contribution in [3.8, 4) is 0 Å². The Morgan fingerprint density at radius 2 is 2.10 bits per heavy atom. The third-order valence-corrected chi connectivity index (χ3v) is 6.36. The fourth-order valence-corrected chi connectivity index (χ4v) is 4.76. The summed E-state index contributed by atoms with van der Waals surface area (Å²) < 4.78 is 0.862. The maximum absolute atomic E-state index is 13.1. The van der Waals surface area contributed by atoms with Gasteiger partial charge in [-0.25, -0.2) is 4.98 Å². The molecule has 1 aromatic carbocycles. The van der Waals surface area contributed by atoms with E-state index in [1.54, 1.807) is 30.5 Å². The molecule has 1 amide bonds. The van der Waals surface area contributed by atoms with E-state index >= 15 is 0 Å². The Morgan fingerprint density at radius 3 is 2.77 bits per heavy atom. The van der Waals surface area contributed by atoms with Crippen molar-refractivity contribution in [1.82, 2.24) is 9.97 Å². The first kappa shape index (κ1) is 20.5. The quantitative estimate of drug-likeness (QED) is 0.590. The SMILES string of the molecule is Cc1cc2sc(N3C(=O)C(O)=C(C(=O)CC(C)C)C3c3ccccn3)nc2cc1Cl. The highest BCUT2D eigenvalue weighted by molar-refractivity contribution is 7.22. The molecule has 3 heterocycles. The zero-order valence-corrected chi connectivity index (χ0v) is 18.3. The third-order valence-electron chi connectivity index (χ3n) is 4.93. The summed E-state index contributed by atoms with van der Waals surface area (Å²) in [7, 11) is 0. The number of aromatic nitrogens is 2. The maximum Gasteiger partial charge on any atom is 0.296 e. The number of nitrogens with zero attached hydrogens (tertiary/aromatic N) is 3. The number of pyridine rings is 1. The number of aliphatic hydroxyl groups excluding tert-OH is 1. The predicted molar refractivity (Wildman–Crippen MR) is 118 cm³/mol. The average molecular weight is 442 g/mol. The summed E-state index contributed by atoms with van der Waals surface area (Å²) in [4.78, 5) is 36.4. The summed E-state index contributed by atoms with van der Waals surface area (Å²) >= 11 is 7.54. The van der Waals surface area contributed by atoms with Gasteiger partial charge in [-0.05, 0) is 42.7 Å². The van der Waals surface area contributed by atoms with Gasteiger partial charge in [0.1, 0.15) is 6.04 Å². The van der Waals surface area contributed by atoms with E-state index in [0.717, 1.165) is 10.3 Å². The van der Waals surface area contributed by atoms with Crippen molar-refractivity contribution in [1.29, 1.82) is 0 Å². The summed E-state index contributed by atoms with van der Waals surface area (Å²) in [5.41, 5.74) is 2.12. The molecule has 0 bridgehead atoms. The number of aryl methyl sites for hydroxylation is 1. The normalized spacial score (nSPS) is 16.9. The van der Waals surface area contributed by atoms with Gasteiger partial charge < -0.3 is 5.11 Å². The lowest BCUT2D eigenvalue weighted by Crippen LogP contribution is -2.31. The van der Waals surface area contributed by atoms with Gasteiger partial charge in [0, 0.05) is 17.6 Å². The minimum absolute atomic E-state index is 0.0702. The molecule has 0 saturated carbocycles. The van der Waals surface area contributed by atoms with E-state index < -0.39 is 17.7 Å². The van der Waals surface area contributed by atoms with Crippen molar-refractivity contribution in [3.63, 3.8) is 0 Å². The molecule has 1 unspecified atom stereocenters. The van der Waals surface area contributed by atoms with Crippen LogP contribution in [0.5, 0.6) is 0 Å². The van der Waals surface area contributed by atoms with Gasteiger partial charge in [0.2, 0.25) is 0 Å². The first-order chi connectivity index (χ1) is 14.3. The fourth-order valence-electron chi connectivity index (χ4n) is 3.53. The van der Waals surface area contributed by atoms with E-state index in [4.69, 9.17) is 11.6 Å². The topological polar surface area (TPSA) is 83.4 Å². The van der Waals surface area contributed by atoms with Crippen molar-refractivity contribution in [3.05, 3.63) is 64.1 Å². The molecule has 8 heteroatoms. The number of hydrogen-bond donors (Lipinski definition) is 1. The molecule has 0 fully saturated rings. The highest BCUT2D eigenvalue weighted by Crippen LogP contribution is 2.43. The van der Waals surface area contributed by atoms with Crippen molar-refractivity contribution < 1.29 is 14.7 Å². The molecular formula is C22H20ClN3O3S. The molecule has 1 aliphatic heterocycles. The molecule has 154 valence electrons. The van der Waals surface area contributed by atoms with Crippen LogP contribution >= 0.6 is 22.9 Å². The summed E-state index contributed by atoms with van der Waals surface area (Å²) in [5, 5.41) is 11.6. The monoisotopic (exact) mass is 441 g/mol. The van der Waals surface area contributed by atoms with Crippen LogP contribution in [0.2, 0.25) is 5.02 Å². The molecule has 3 aromatic rings. The minimum atomic E-state index is -0.831. The van der Waals surface area contributed by atoms with Gasteiger partial charge in [0.05, 0.1) is 21.5 Å². The van der Waals surface area contributed by atoms with Crippen LogP contribution in [-0.4, -0.2) is 26.8 Å². The van der Waals surface area contributed by atoms with Gasteiger partial charge in [0.15, 0.2) is 16.7 Å². The molecule has 30 heavy (non-hydrogen) atoms. The van der Waals surface area contributed by atoms with Gasteiger partial charge in [-0.2, -0.15) is 0 Å². The molecule has 0 saturated heterocycles. The number of carbonyl (C=O) groups is 2. The van der Waals surface area contributed by atoms with E-state index in [9.17, 15) is 14.7 Å². The number of hydrogen-bond acceptors (Lipinski definition) is 6. The van der Waals surface area contributed by atoms with Crippen LogP contribution in [0, 0.1) is 12.8 Å². The Kier molecular flexibility index (Phi) is 5.34. The molecule has 4 rings (SSSR count). The van der Waals surface area contributed by atoms with Gasteiger partial charge in [-0.3, -0.25) is 19.5 Å². The zero-order valence-electron chi connectivity index (χ0n) is 16.7. The molecule has 2 aromatic heterocycles. The Morgan fingerprint density at radius 1 is 1.33 bits per heavy atom. The number of thiazole rings is 1. The number of anilines is 1. The van der Waals surface area contributed by atoms with Crippen LogP contribution in [0.3, 0.4) is 0 Å². The summed E-state index contributed by atoms with van der Waals surface area (Å²) in [6.07, 6.45) is 1.82. The second kappa shape index (κ2) is 7.81. The van der Waals surface area contributed by atoms with Crippen LogP contribution < -0.4 is 4.90 Å². The highest BCUT2D eigenvalue weighted by atomic mass is 35.5. The molecule has 0 spiro atoms. The predicted octanol–water partition coefficient (Wildman–Crippen LogP) is 5.17. The Labute approximate surface area is 182 Å². The lowest BCUT2D eigenvalue weighted by atomic mass is 9.94. The molecule has 1 aliphatic rings. The van der Waals surface area contributed by atoms with Gasteiger partial charge in [0.25, 0.3) is 5.91 Å². The third kappa shape index (κ3) is 3.48. The van der Waals surface area contributed by atoms with Gasteiger partial charge >= 0.3 is 0 Å². The number of halogens is 1. The number of carbonyl (C=O) groups excluding carboxylic acids is 2. The molecule has 0 aliphatic carbocycles. The first-order valence-corrected chi connectivity index (χ1v) is 10.7. The second-order valence-corrected chi connectivity index (χ2v) is 9.10. The summed E-state index contributed by atoms with van der Waals surface area (Å²) in [5.74, 6) is -1.38. The lowest BCUT2D eigenvalue weighted by molar-refractivity contribution is -0.118. The molecular weight excluding hydrogens is 422 g/mol. The highest BCUT2D eigenvalue weighted by Gasteiger charge is 2.46. The summed E-state index contributed by atoms with van der Waals surface area (Å²) in [6.45, 7) is 5.73. The Bertz CT molecular complexity index is 1150. The number of amides is 1. The van der Waals surface area contributed by atoms with Gasteiger partial charge in [-0.15, -0.1) is 0 Å². The average Bonchev–Trinajstić information content (AvgIpc) is 3.20. The Hall–Kier alpha value is -2.77. The molecule has 0 radical (unpaired) electrons. The van der Waals surface area contributed by atoms with Crippen LogP contribution in [0.1, 0.15) is 37.6 Å². The smallest absolute Gasteiger partial charge is 0.296 e. The van der Waals surface area contributed by atoms with Gasteiger partial charge in [-0.1, -0.05) is 42.9 Å². The van der Waals surface area contributed by atoms with Crippen LogP contribution in [-0.2, 0) is 9.59 Å². The van der Waals surface area contributed by atoms with E-state index in [1.807, 2.05) is 26.8 Å². The number of benzene rings is 1. The van der Waals surface area contributed by atoms with E-state index in [0.29, 0.717) is 21.4 Å². The van der Waals surface area contributed by atoms with Crippen molar-refractivity contribution in [2.45, 2.75) is 33.2 Å². The molecule has 1 N–H and O–H groups in total. The fraction of sp³-hybridized carbons (Fsp3) is 0.273. The second-order valence-electron chi connectivity index (χ2n) is 7.68. The van der Waals surface area contributed by atoms with Crippen molar-refractivity contribution in [2.24, 2.45) is 5.92 Å². The van der Waals surface area contributed by atoms with E-state index in [1.165, 1.54) is 16.2 Å². The number of ketones is 1. The van der Waals surface area contributed by atoms with Crippen LogP contribution in [0.4, 0.5) is 5.13 Å². The molecule has 6 nitrogen and oxygen atoms in total. The number of Topliss-reactive ketones (excluding diaryl/α,β-unsaturated/α-hetero) is 1. The largest absolute Gasteiger partial charge is 0.503 e. The molecule has 1 atom stereocenters. The first-order valence-electron chi connectivity index (χ1n) is 9.55. The lowest BCUT2D eigenvalue weighted by Gasteiger charge is -2.23. The van der Waals surface area contributed by atoms with Crippen molar-refractivity contribution >= 4 is 50.0 Å². The number of rotatable bonds is 5. The van der Waals surface area contributed by atoms with Crippen LogP contribution in [0.15, 0.2) is 47.9 Å². The zero-order chi connectivity index (χ0) is 21.6. The number of fused-ring (bicyclic) bond motifs is 1. The maximum atomic E-state index is 13.1. The summed E-state index contributed by atoms with van der Waals surface area (Å²) in [6, 6.07) is 8.11.